The largest absolute Gasteiger partial charge is 0.477 e. The monoisotopic (exact) mass is 472 g/mol. The summed E-state index contributed by atoms with van der Waals surface area (Å²) in [5.41, 5.74) is 0.583. The fourth-order valence-corrected chi connectivity index (χ4v) is 5.47. The van der Waals surface area contributed by atoms with E-state index in [1.807, 2.05) is 11.8 Å². The minimum absolute atomic E-state index is 0.110. The van der Waals surface area contributed by atoms with Crippen LogP contribution in [-0.4, -0.2) is 83.4 Å². The van der Waals surface area contributed by atoms with Crippen LogP contribution in [0.5, 0.6) is 5.88 Å². The molecule has 2 saturated heterocycles. The van der Waals surface area contributed by atoms with E-state index in [0.717, 1.165) is 57.5 Å². The molecule has 0 N–H and O–H groups in total. The van der Waals surface area contributed by atoms with Gasteiger partial charge in [-0.25, -0.2) is 14.8 Å². The number of likely N-dealkylation sites (tertiary alicyclic amines) is 1. The molecule has 2 amide bonds. The van der Waals surface area contributed by atoms with E-state index in [4.69, 9.17) is 14.2 Å². The summed E-state index contributed by atoms with van der Waals surface area (Å²) in [6.07, 6.45) is 11.7. The Balaban J connectivity index is 0.962. The second-order valence-corrected chi connectivity index (χ2v) is 10.7. The summed E-state index contributed by atoms with van der Waals surface area (Å²) in [6.45, 7) is 6.58. The molecule has 3 heterocycles. The average molecular weight is 473 g/mol. The van der Waals surface area contributed by atoms with Crippen molar-refractivity contribution in [2.24, 2.45) is 11.3 Å². The van der Waals surface area contributed by atoms with Crippen LogP contribution in [0.15, 0.2) is 12.4 Å². The SMILES string of the molecule is CC1(OC(=O)N2CCC3(CC2)CC(CCCOc2cnc(C(=O)N4CCOCC4)cn2)C3)CC1. The molecule has 2 aliphatic carbocycles. The maximum Gasteiger partial charge on any atom is 0.410 e. The van der Waals surface area contributed by atoms with Crippen LogP contribution in [0.2, 0.25) is 0 Å². The van der Waals surface area contributed by atoms with E-state index in [1.165, 1.54) is 25.2 Å². The summed E-state index contributed by atoms with van der Waals surface area (Å²) in [6, 6.07) is 0. The number of aromatic nitrogens is 2. The van der Waals surface area contributed by atoms with Gasteiger partial charge in [0.2, 0.25) is 5.88 Å². The average Bonchev–Trinajstić information content (AvgIpc) is 3.57. The lowest BCUT2D eigenvalue weighted by Crippen LogP contribution is -2.49. The van der Waals surface area contributed by atoms with Crippen molar-refractivity contribution in [3.05, 3.63) is 18.1 Å². The van der Waals surface area contributed by atoms with Gasteiger partial charge in [0.05, 0.1) is 32.2 Å². The van der Waals surface area contributed by atoms with Crippen LogP contribution in [0, 0.1) is 11.3 Å². The number of carbonyl (C=O) groups excluding carboxylic acids is 2. The second kappa shape index (κ2) is 9.68. The number of hydrogen-bond acceptors (Lipinski definition) is 7. The minimum Gasteiger partial charge on any atom is -0.477 e. The van der Waals surface area contributed by atoms with Crippen LogP contribution in [0.25, 0.3) is 0 Å². The van der Waals surface area contributed by atoms with E-state index in [1.54, 1.807) is 4.90 Å². The Morgan fingerprint density at radius 2 is 1.76 bits per heavy atom. The molecule has 0 unspecified atom stereocenters. The van der Waals surface area contributed by atoms with E-state index in [-0.39, 0.29) is 17.6 Å². The summed E-state index contributed by atoms with van der Waals surface area (Å²) in [4.78, 5) is 36.9. The highest BCUT2D eigenvalue weighted by Gasteiger charge is 2.47. The number of hydrogen-bond donors (Lipinski definition) is 0. The highest BCUT2D eigenvalue weighted by molar-refractivity contribution is 5.92. The molecular formula is C25H36N4O5. The summed E-state index contributed by atoms with van der Waals surface area (Å²) in [7, 11) is 0. The lowest BCUT2D eigenvalue weighted by Gasteiger charge is -2.52. The number of nitrogens with zero attached hydrogens (tertiary/aromatic N) is 4. The fraction of sp³-hybridized carbons (Fsp3) is 0.760. The molecule has 2 saturated carbocycles. The number of rotatable bonds is 7. The molecule has 0 radical (unpaired) electrons. The number of piperidine rings is 1. The third-order valence-corrected chi connectivity index (χ3v) is 7.97. The molecular weight excluding hydrogens is 436 g/mol. The highest BCUT2D eigenvalue weighted by Crippen LogP contribution is 2.54. The first-order valence-corrected chi connectivity index (χ1v) is 12.7. The summed E-state index contributed by atoms with van der Waals surface area (Å²) in [5.74, 6) is 1.09. The van der Waals surface area contributed by atoms with Crippen molar-refractivity contribution in [2.75, 3.05) is 46.0 Å². The molecule has 4 fully saturated rings. The quantitative estimate of drug-likeness (QED) is 0.562. The van der Waals surface area contributed by atoms with Crippen molar-refractivity contribution in [3.8, 4) is 5.88 Å². The maximum atomic E-state index is 12.4. The van der Waals surface area contributed by atoms with Crippen molar-refractivity contribution in [3.63, 3.8) is 0 Å². The Bertz CT molecular complexity index is 866. The van der Waals surface area contributed by atoms with Crippen LogP contribution in [0.1, 0.15) is 68.8 Å². The maximum absolute atomic E-state index is 12.4. The molecule has 0 aromatic carbocycles. The Hall–Kier alpha value is -2.42. The van der Waals surface area contributed by atoms with E-state index in [0.29, 0.717) is 49.9 Å². The first-order valence-electron chi connectivity index (χ1n) is 12.7. The van der Waals surface area contributed by atoms with Crippen LogP contribution in [-0.2, 0) is 9.47 Å². The van der Waals surface area contributed by atoms with Gasteiger partial charge in [0.1, 0.15) is 11.3 Å². The predicted molar refractivity (Wildman–Crippen MR) is 124 cm³/mol. The van der Waals surface area contributed by atoms with Crippen molar-refractivity contribution >= 4 is 12.0 Å². The van der Waals surface area contributed by atoms with E-state index in [9.17, 15) is 9.59 Å². The van der Waals surface area contributed by atoms with Crippen molar-refractivity contribution < 1.29 is 23.8 Å². The minimum atomic E-state index is -0.191. The van der Waals surface area contributed by atoms with Crippen LogP contribution in [0.4, 0.5) is 4.79 Å². The van der Waals surface area contributed by atoms with Crippen LogP contribution >= 0.6 is 0 Å². The molecule has 1 spiro atoms. The molecule has 4 aliphatic rings. The molecule has 1 aromatic heterocycles. The second-order valence-electron chi connectivity index (χ2n) is 10.7. The summed E-state index contributed by atoms with van der Waals surface area (Å²) < 4.78 is 16.7. The molecule has 186 valence electrons. The molecule has 0 atom stereocenters. The molecule has 34 heavy (non-hydrogen) atoms. The predicted octanol–water partition coefficient (Wildman–Crippen LogP) is 3.29. The number of carbonyl (C=O) groups is 2. The lowest BCUT2D eigenvalue weighted by atomic mass is 9.56. The Kier molecular flexibility index (Phi) is 6.64. The normalized spacial score (nSPS) is 23.3. The topological polar surface area (TPSA) is 94.1 Å². The van der Waals surface area contributed by atoms with Gasteiger partial charge < -0.3 is 24.0 Å². The standard InChI is InChI=1S/C25H36N4O5/c1-24(4-5-24)34-23(31)29-8-6-25(7-9-29)15-19(16-25)3-2-12-33-21-18-26-20(17-27-21)22(30)28-10-13-32-14-11-28/h17-19H,2-16H2,1H3. The van der Waals surface area contributed by atoms with Gasteiger partial charge in [0.15, 0.2) is 0 Å². The lowest BCUT2D eigenvalue weighted by molar-refractivity contribution is -0.0232. The molecule has 1 aromatic rings. The smallest absolute Gasteiger partial charge is 0.410 e. The first kappa shape index (κ1) is 23.3. The number of amides is 2. The number of ether oxygens (including phenoxy) is 3. The third kappa shape index (κ3) is 5.45. The molecule has 9 heteroatoms. The van der Waals surface area contributed by atoms with Gasteiger partial charge in [-0.2, -0.15) is 0 Å². The van der Waals surface area contributed by atoms with Crippen molar-refractivity contribution in [1.29, 1.82) is 0 Å². The fourth-order valence-electron chi connectivity index (χ4n) is 5.47. The van der Waals surface area contributed by atoms with Gasteiger partial charge in [-0.3, -0.25) is 4.79 Å². The summed E-state index contributed by atoms with van der Waals surface area (Å²) >= 11 is 0. The van der Waals surface area contributed by atoms with E-state index < -0.39 is 0 Å². The Labute approximate surface area is 201 Å². The van der Waals surface area contributed by atoms with Crippen molar-refractivity contribution in [2.45, 2.75) is 63.9 Å². The zero-order valence-electron chi connectivity index (χ0n) is 20.2. The molecule has 2 aliphatic heterocycles. The summed E-state index contributed by atoms with van der Waals surface area (Å²) in [5, 5.41) is 0. The molecule has 5 rings (SSSR count). The van der Waals surface area contributed by atoms with Gasteiger partial charge in [-0.15, -0.1) is 0 Å². The van der Waals surface area contributed by atoms with Crippen molar-refractivity contribution in [1.82, 2.24) is 19.8 Å². The van der Waals surface area contributed by atoms with E-state index >= 15 is 0 Å². The Morgan fingerprint density at radius 1 is 1.03 bits per heavy atom. The van der Waals surface area contributed by atoms with Gasteiger partial charge in [0, 0.05) is 26.2 Å². The zero-order chi connectivity index (χ0) is 23.6. The van der Waals surface area contributed by atoms with Gasteiger partial charge in [0.25, 0.3) is 5.91 Å². The van der Waals surface area contributed by atoms with E-state index in [2.05, 4.69) is 9.97 Å². The van der Waals surface area contributed by atoms with Gasteiger partial charge in [-0.05, 0) is 69.6 Å². The first-order chi connectivity index (χ1) is 16.4. The molecule has 0 bridgehead atoms. The van der Waals surface area contributed by atoms with Crippen LogP contribution < -0.4 is 4.74 Å². The van der Waals surface area contributed by atoms with Gasteiger partial charge in [-0.1, -0.05) is 0 Å². The van der Waals surface area contributed by atoms with Crippen LogP contribution in [0.3, 0.4) is 0 Å². The Morgan fingerprint density at radius 3 is 2.41 bits per heavy atom. The number of morpholine rings is 1. The van der Waals surface area contributed by atoms with Gasteiger partial charge >= 0.3 is 6.09 Å². The highest BCUT2D eigenvalue weighted by atomic mass is 16.6. The third-order valence-electron chi connectivity index (χ3n) is 7.97. The zero-order valence-corrected chi connectivity index (χ0v) is 20.2. The molecule has 9 nitrogen and oxygen atoms in total.